The maximum absolute atomic E-state index is 8.59. The zero-order valence-electron chi connectivity index (χ0n) is 8.91. The van der Waals surface area contributed by atoms with E-state index in [0.29, 0.717) is 0 Å². The van der Waals surface area contributed by atoms with E-state index in [0.717, 1.165) is 5.25 Å². The van der Waals surface area contributed by atoms with Crippen LogP contribution in [0.15, 0.2) is 30.3 Å². The Morgan fingerprint density at radius 1 is 1.31 bits per heavy atom. The Kier molecular flexibility index (Phi) is 6.52. The van der Waals surface area contributed by atoms with E-state index in [4.69, 9.17) is 13.0 Å². The van der Waals surface area contributed by atoms with Gasteiger partial charge in [-0.05, 0) is 30.6 Å². The molecule has 0 spiro atoms. The Balaban J connectivity index is 0.000000280. The van der Waals surface area contributed by atoms with Crippen molar-refractivity contribution in [3.63, 3.8) is 0 Å². The molecule has 3 nitrogen and oxygen atoms in total. The average Bonchev–Trinajstić information content (AvgIpc) is 2.71. The fourth-order valence-electron chi connectivity index (χ4n) is 1.68. The number of hydrogen-bond donors (Lipinski definition) is 2. The average molecular weight is 260 g/mol. The number of rotatable bonds is 2. The lowest BCUT2D eigenvalue weighted by Gasteiger charge is -2.07. The number of thiol groups is 1. The van der Waals surface area contributed by atoms with Gasteiger partial charge in [0.25, 0.3) is 11.0 Å². The van der Waals surface area contributed by atoms with Crippen molar-refractivity contribution in [3.05, 3.63) is 35.9 Å². The van der Waals surface area contributed by atoms with Gasteiger partial charge in [0, 0.05) is 5.25 Å². The second-order valence-electron chi connectivity index (χ2n) is 3.56. The molecule has 0 radical (unpaired) electrons. The Bertz CT molecular complexity index is 349. The maximum atomic E-state index is 8.59. The standard InChI is InChI=1S/C11H14S.H2O3S/c1-2-5-10(6-3-1)9-11-7-4-8-12-11;1-4(2)3/h1-3,5-6,11H,4,7-9H2;4H,(H,1,2,3). The van der Waals surface area contributed by atoms with Crippen LogP contribution in [0.5, 0.6) is 0 Å². The molecule has 2 rings (SSSR count). The second-order valence-corrected chi connectivity index (χ2v) is 5.45. The minimum Gasteiger partial charge on any atom is -0.288 e. The van der Waals surface area contributed by atoms with Gasteiger partial charge in [-0.3, -0.25) is 4.55 Å². The van der Waals surface area contributed by atoms with Gasteiger partial charge in [0.15, 0.2) is 0 Å². The molecule has 0 saturated carbocycles. The van der Waals surface area contributed by atoms with Gasteiger partial charge in [0.05, 0.1) is 0 Å². The molecule has 1 heterocycles. The first kappa shape index (κ1) is 13.5. The lowest BCUT2D eigenvalue weighted by molar-refractivity contribution is 0.509. The summed E-state index contributed by atoms with van der Waals surface area (Å²) in [7, 11) is -3.12. The largest absolute Gasteiger partial charge is 0.288 e. The van der Waals surface area contributed by atoms with Crippen LogP contribution in [0.3, 0.4) is 0 Å². The van der Waals surface area contributed by atoms with E-state index in [1.165, 1.54) is 30.6 Å². The molecule has 1 unspecified atom stereocenters. The van der Waals surface area contributed by atoms with Gasteiger partial charge in [-0.1, -0.05) is 30.3 Å². The van der Waals surface area contributed by atoms with Crippen LogP contribution in [0.1, 0.15) is 18.4 Å². The van der Waals surface area contributed by atoms with Crippen LogP contribution in [0.2, 0.25) is 0 Å². The third kappa shape index (κ3) is 6.15. The smallest absolute Gasteiger partial charge is 0.254 e. The van der Waals surface area contributed by atoms with Crippen LogP contribution in [0.4, 0.5) is 0 Å². The maximum Gasteiger partial charge on any atom is 0.254 e. The van der Waals surface area contributed by atoms with Crippen LogP contribution < -0.4 is 0 Å². The molecule has 1 aliphatic heterocycles. The molecule has 1 aliphatic rings. The van der Waals surface area contributed by atoms with Crippen molar-refractivity contribution in [2.45, 2.75) is 24.5 Å². The molecule has 0 bridgehead atoms. The summed E-state index contributed by atoms with van der Waals surface area (Å²) >= 11 is 2.14. The Hall–Kier alpha value is -0.520. The van der Waals surface area contributed by atoms with Crippen LogP contribution >= 0.6 is 11.8 Å². The summed E-state index contributed by atoms with van der Waals surface area (Å²) < 4.78 is 24.2. The van der Waals surface area contributed by atoms with Crippen molar-refractivity contribution in [2.24, 2.45) is 0 Å². The zero-order chi connectivity index (χ0) is 11.8. The summed E-state index contributed by atoms with van der Waals surface area (Å²) in [5.41, 5.74) is 1.50. The molecule has 0 aromatic heterocycles. The van der Waals surface area contributed by atoms with Crippen molar-refractivity contribution in [3.8, 4) is 0 Å². The van der Waals surface area contributed by atoms with E-state index in [2.05, 4.69) is 42.1 Å². The predicted octanol–water partition coefficient (Wildman–Crippen LogP) is 2.20. The van der Waals surface area contributed by atoms with Gasteiger partial charge in [-0.2, -0.15) is 11.8 Å². The first-order valence-corrected chi connectivity index (χ1v) is 7.35. The fourth-order valence-corrected chi connectivity index (χ4v) is 2.99. The summed E-state index contributed by atoms with van der Waals surface area (Å²) in [4.78, 5) is 0. The summed E-state index contributed by atoms with van der Waals surface area (Å²) in [6.07, 6.45) is 4.10. The van der Waals surface area contributed by atoms with E-state index < -0.39 is 11.0 Å². The van der Waals surface area contributed by atoms with Gasteiger partial charge in [0.2, 0.25) is 0 Å². The van der Waals surface area contributed by atoms with Crippen LogP contribution in [-0.4, -0.2) is 24.0 Å². The van der Waals surface area contributed by atoms with Crippen LogP contribution in [0, 0.1) is 0 Å². The lowest BCUT2D eigenvalue weighted by Crippen LogP contribution is -2.00. The molecule has 1 fully saturated rings. The molecule has 1 N–H and O–H groups in total. The van der Waals surface area contributed by atoms with Gasteiger partial charge >= 0.3 is 0 Å². The highest BCUT2D eigenvalue weighted by molar-refractivity contribution is 8.00. The Morgan fingerprint density at radius 3 is 2.44 bits per heavy atom. The van der Waals surface area contributed by atoms with E-state index in [9.17, 15) is 0 Å². The van der Waals surface area contributed by atoms with E-state index in [1.807, 2.05) is 0 Å². The topological polar surface area (TPSA) is 54.4 Å². The lowest BCUT2D eigenvalue weighted by atomic mass is 10.1. The molecule has 5 heteroatoms. The van der Waals surface area contributed by atoms with Crippen LogP contribution in [0.25, 0.3) is 0 Å². The highest BCUT2D eigenvalue weighted by Gasteiger charge is 2.15. The molecule has 16 heavy (non-hydrogen) atoms. The molecule has 1 saturated heterocycles. The minimum atomic E-state index is -3.12. The van der Waals surface area contributed by atoms with Crippen molar-refractivity contribution in [1.29, 1.82) is 0 Å². The van der Waals surface area contributed by atoms with Crippen molar-refractivity contribution in [1.82, 2.24) is 0 Å². The summed E-state index contributed by atoms with van der Waals surface area (Å²) in [5, 5.41) is 0.896. The molecular formula is C11H16O3S2. The summed E-state index contributed by atoms with van der Waals surface area (Å²) in [6, 6.07) is 10.8. The third-order valence-electron chi connectivity index (χ3n) is 2.33. The normalized spacial score (nSPS) is 19.2. The van der Waals surface area contributed by atoms with E-state index in [-0.39, 0.29) is 0 Å². The quantitative estimate of drug-likeness (QED) is 0.632. The number of benzene rings is 1. The molecule has 0 amide bonds. The second kappa shape index (κ2) is 7.70. The van der Waals surface area contributed by atoms with Gasteiger partial charge in [-0.15, -0.1) is 0 Å². The summed E-state index contributed by atoms with van der Waals surface area (Å²) in [5.74, 6) is 1.37. The molecule has 0 aliphatic carbocycles. The minimum absolute atomic E-state index is 0.896. The van der Waals surface area contributed by atoms with Gasteiger partial charge < -0.3 is 0 Å². The first-order chi connectivity index (χ1) is 7.68. The van der Waals surface area contributed by atoms with Crippen molar-refractivity contribution >= 4 is 22.7 Å². The van der Waals surface area contributed by atoms with E-state index in [1.54, 1.807) is 0 Å². The van der Waals surface area contributed by atoms with Gasteiger partial charge in [-0.25, -0.2) is 8.42 Å². The Morgan fingerprint density at radius 2 is 1.94 bits per heavy atom. The highest BCUT2D eigenvalue weighted by Crippen LogP contribution is 2.28. The SMILES string of the molecule is O=[SH](=O)O.c1ccc(CC2CCCS2)cc1. The molecule has 90 valence electrons. The van der Waals surface area contributed by atoms with Crippen molar-refractivity contribution < 1.29 is 13.0 Å². The Labute approximate surface area is 102 Å². The monoisotopic (exact) mass is 260 g/mol. The third-order valence-corrected chi connectivity index (χ3v) is 3.73. The molecular weight excluding hydrogens is 244 g/mol. The van der Waals surface area contributed by atoms with Crippen LogP contribution in [-0.2, 0) is 17.4 Å². The summed E-state index contributed by atoms with van der Waals surface area (Å²) in [6.45, 7) is 0. The molecule has 1 aromatic rings. The van der Waals surface area contributed by atoms with E-state index >= 15 is 0 Å². The van der Waals surface area contributed by atoms with Crippen molar-refractivity contribution in [2.75, 3.05) is 5.75 Å². The fraction of sp³-hybridized carbons (Fsp3) is 0.455. The number of hydrogen-bond acceptors (Lipinski definition) is 3. The zero-order valence-corrected chi connectivity index (χ0v) is 10.6. The van der Waals surface area contributed by atoms with Gasteiger partial charge in [0.1, 0.15) is 0 Å². The highest BCUT2D eigenvalue weighted by atomic mass is 32.2. The predicted molar refractivity (Wildman–Crippen MR) is 68.6 cm³/mol. The molecule has 1 atom stereocenters. The number of thioether (sulfide) groups is 1. The molecule has 1 aromatic carbocycles. The first-order valence-electron chi connectivity index (χ1n) is 5.17.